The van der Waals surface area contributed by atoms with Gasteiger partial charge in [0.25, 0.3) is 10.0 Å². The first-order valence-corrected chi connectivity index (χ1v) is 14.8. The number of aliphatic hydroxyl groups is 1. The molecule has 0 unspecified atom stereocenters. The minimum atomic E-state index is -3.48. The zero-order valence-corrected chi connectivity index (χ0v) is 20.7. The van der Waals surface area contributed by atoms with Crippen LogP contribution in [0.15, 0.2) is 41.3 Å². The Morgan fingerprint density at radius 3 is 2.21 bits per heavy atom. The average molecular weight is 481 g/mol. The van der Waals surface area contributed by atoms with Gasteiger partial charge in [-0.25, -0.2) is 8.42 Å². The average Bonchev–Trinajstić information content (AvgIpc) is 3.03. The van der Waals surface area contributed by atoms with Gasteiger partial charge >= 0.3 is 0 Å². The molecule has 2 heterocycles. The van der Waals surface area contributed by atoms with Crippen molar-refractivity contribution in [3.05, 3.63) is 36.4 Å². The minimum Gasteiger partial charge on any atom is -0.391 e. The second-order valence-electron chi connectivity index (χ2n) is 12.2. The molecule has 2 aromatic carbocycles. The monoisotopic (exact) mass is 480 g/mol. The summed E-state index contributed by atoms with van der Waals surface area (Å²) in [4.78, 5) is 2.91. The number of piperidine rings is 1. The molecule has 4 bridgehead atoms. The van der Waals surface area contributed by atoms with Gasteiger partial charge in [0.2, 0.25) is 0 Å². The van der Waals surface area contributed by atoms with E-state index in [1.54, 1.807) is 10.4 Å². The smallest absolute Gasteiger partial charge is 0.265 e. The Hall–Kier alpha value is -1.63. The fourth-order valence-corrected chi connectivity index (χ4v) is 10.6. The molecule has 6 heteroatoms. The number of hydrogen-bond acceptors (Lipinski definition) is 4. The number of benzene rings is 2. The van der Waals surface area contributed by atoms with Crippen LogP contribution < -0.4 is 4.31 Å². The molecule has 182 valence electrons. The summed E-state index contributed by atoms with van der Waals surface area (Å²) >= 11 is 0. The van der Waals surface area contributed by atoms with E-state index in [1.165, 1.54) is 38.5 Å². The summed E-state index contributed by atoms with van der Waals surface area (Å²) in [5.41, 5.74) is 1.02. The summed E-state index contributed by atoms with van der Waals surface area (Å²) in [6, 6.07) is 11.5. The van der Waals surface area contributed by atoms with Gasteiger partial charge in [-0.15, -0.1) is 0 Å². The minimum absolute atomic E-state index is 0.180. The number of likely N-dealkylation sites (tertiary alicyclic amines) is 1. The van der Waals surface area contributed by atoms with Crippen LogP contribution in [-0.4, -0.2) is 50.7 Å². The number of anilines is 1. The fourth-order valence-electron chi connectivity index (χ4n) is 8.76. The Balaban J connectivity index is 1.01. The third-order valence-corrected chi connectivity index (χ3v) is 11.9. The Labute approximate surface area is 203 Å². The number of sulfonamides is 1. The predicted molar refractivity (Wildman–Crippen MR) is 134 cm³/mol. The van der Waals surface area contributed by atoms with E-state index in [4.69, 9.17) is 0 Å². The molecule has 2 aromatic rings. The second kappa shape index (κ2) is 7.68. The number of hydrogen-bond donors (Lipinski definition) is 1. The van der Waals surface area contributed by atoms with Crippen molar-refractivity contribution in [3.63, 3.8) is 0 Å². The molecule has 0 spiro atoms. The van der Waals surface area contributed by atoms with Crippen molar-refractivity contribution < 1.29 is 13.5 Å². The summed E-state index contributed by atoms with van der Waals surface area (Å²) in [6.45, 7) is 3.27. The third kappa shape index (κ3) is 3.28. The van der Waals surface area contributed by atoms with E-state index >= 15 is 0 Å². The maximum atomic E-state index is 13.3. The molecule has 8 rings (SSSR count). The van der Waals surface area contributed by atoms with Crippen LogP contribution in [0.25, 0.3) is 10.8 Å². The quantitative estimate of drug-likeness (QED) is 0.677. The first kappa shape index (κ1) is 21.6. The van der Waals surface area contributed by atoms with E-state index < -0.39 is 10.0 Å². The van der Waals surface area contributed by atoms with Gasteiger partial charge in [-0.05, 0) is 111 Å². The van der Waals surface area contributed by atoms with Gasteiger partial charge in [0.05, 0.1) is 16.7 Å². The molecule has 1 saturated heterocycles. The van der Waals surface area contributed by atoms with E-state index in [2.05, 4.69) is 4.90 Å². The van der Waals surface area contributed by atoms with E-state index in [0.717, 1.165) is 66.7 Å². The zero-order chi connectivity index (χ0) is 23.1. The number of aliphatic hydroxyl groups excluding tert-OH is 1. The highest BCUT2D eigenvalue weighted by Crippen LogP contribution is 2.61. The van der Waals surface area contributed by atoms with Crippen LogP contribution in [0.1, 0.15) is 51.4 Å². The highest BCUT2D eigenvalue weighted by molar-refractivity contribution is 7.93. The van der Waals surface area contributed by atoms with Gasteiger partial charge in [0.15, 0.2) is 0 Å². The maximum absolute atomic E-state index is 13.3. The molecule has 0 aromatic heterocycles. The zero-order valence-electron chi connectivity index (χ0n) is 19.9. The van der Waals surface area contributed by atoms with Crippen LogP contribution in [0.4, 0.5) is 5.69 Å². The lowest BCUT2D eigenvalue weighted by molar-refractivity contribution is -0.127. The third-order valence-electron chi connectivity index (χ3n) is 10.0. The van der Waals surface area contributed by atoms with E-state index in [9.17, 15) is 13.5 Å². The van der Waals surface area contributed by atoms with Crippen molar-refractivity contribution in [1.82, 2.24) is 4.90 Å². The van der Waals surface area contributed by atoms with Crippen LogP contribution in [0, 0.1) is 29.1 Å². The topological polar surface area (TPSA) is 60.9 Å². The summed E-state index contributed by atoms with van der Waals surface area (Å²) in [5, 5.41) is 13.3. The fraction of sp³-hybridized carbons (Fsp3) is 0.643. The highest BCUT2D eigenvalue weighted by Gasteiger charge is 2.54. The van der Waals surface area contributed by atoms with Crippen LogP contribution in [0.5, 0.6) is 0 Å². The molecule has 5 fully saturated rings. The molecule has 4 saturated carbocycles. The number of nitrogens with zero attached hydrogens (tertiary/aromatic N) is 2. The largest absolute Gasteiger partial charge is 0.391 e. The number of β-amino-alcohol motifs (C(OH)–C–C–N with tert-alkyl or cyclic N) is 1. The molecule has 1 atom stereocenters. The lowest BCUT2D eigenvalue weighted by atomic mass is 9.48. The number of rotatable bonds is 5. The normalized spacial score (nSPS) is 35.3. The van der Waals surface area contributed by atoms with E-state index in [1.807, 2.05) is 30.3 Å². The lowest BCUT2D eigenvalue weighted by Crippen LogP contribution is -2.55. The maximum Gasteiger partial charge on any atom is 0.265 e. The van der Waals surface area contributed by atoms with Crippen LogP contribution in [0.3, 0.4) is 0 Å². The van der Waals surface area contributed by atoms with Crippen LogP contribution >= 0.6 is 0 Å². The molecule has 0 amide bonds. The standard InChI is InChI=1S/C28H36N2O3S/c31-26(28-14-20-11-21(15-28)13-22(12-20)16-28)18-29-9-7-19(8-10-29)17-30-24-5-1-3-23-4-2-6-25(27(23)24)34(30,32)33/h1-6,19-22,26,31H,7-18H2/t20?,21?,22?,26-,28?/m1/s1. The molecule has 6 aliphatic rings. The summed E-state index contributed by atoms with van der Waals surface area (Å²) in [7, 11) is -3.48. The first-order valence-electron chi connectivity index (χ1n) is 13.4. The second-order valence-corrected chi connectivity index (χ2v) is 14.0. The Morgan fingerprint density at radius 2 is 1.56 bits per heavy atom. The van der Waals surface area contributed by atoms with Crippen molar-refractivity contribution in [2.24, 2.45) is 29.1 Å². The van der Waals surface area contributed by atoms with Crippen LogP contribution in [-0.2, 0) is 10.0 Å². The van der Waals surface area contributed by atoms with E-state index in [-0.39, 0.29) is 11.5 Å². The van der Waals surface area contributed by atoms with Crippen molar-refractivity contribution >= 4 is 26.5 Å². The molecule has 34 heavy (non-hydrogen) atoms. The van der Waals surface area contributed by atoms with Gasteiger partial charge in [-0.1, -0.05) is 24.3 Å². The Bertz CT molecular complexity index is 1180. The molecule has 5 nitrogen and oxygen atoms in total. The van der Waals surface area contributed by atoms with Gasteiger partial charge in [-0.3, -0.25) is 4.31 Å². The van der Waals surface area contributed by atoms with Crippen molar-refractivity contribution in [3.8, 4) is 0 Å². The molecule has 1 N–H and O–H groups in total. The highest BCUT2D eigenvalue weighted by atomic mass is 32.2. The lowest BCUT2D eigenvalue weighted by Gasteiger charge is -2.59. The van der Waals surface area contributed by atoms with E-state index in [0.29, 0.717) is 17.4 Å². The van der Waals surface area contributed by atoms with Gasteiger partial charge < -0.3 is 10.0 Å². The van der Waals surface area contributed by atoms with Crippen LogP contribution in [0.2, 0.25) is 0 Å². The van der Waals surface area contributed by atoms with Gasteiger partial charge in [-0.2, -0.15) is 0 Å². The predicted octanol–water partition coefficient (Wildman–Crippen LogP) is 4.64. The Kier molecular flexibility index (Phi) is 4.89. The van der Waals surface area contributed by atoms with Crippen molar-refractivity contribution in [1.29, 1.82) is 0 Å². The van der Waals surface area contributed by atoms with Crippen molar-refractivity contribution in [2.75, 3.05) is 30.5 Å². The summed E-state index contributed by atoms with van der Waals surface area (Å²) in [6.07, 6.45) is 9.75. The summed E-state index contributed by atoms with van der Waals surface area (Å²) in [5.74, 6) is 2.94. The van der Waals surface area contributed by atoms with Gasteiger partial charge in [0.1, 0.15) is 0 Å². The molecular formula is C28H36N2O3S. The molecular weight excluding hydrogens is 444 g/mol. The summed E-state index contributed by atoms with van der Waals surface area (Å²) < 4.78 is 28.3. The SMILES string of the molecule is O=S1(=O)c2cccc3cccc(c23)N1CC1CCN(C[C@@H](O)C23CC4CC(CC(C4)C2)C3)CC1. The first-order chi connectivity index (χ1) is 16.4. The Morgan fingerprint density at radius 1 is 0.941 bits per heavy atom. The molecule has 0 radical (unpaired) electrons. The van der Waals surface area contributed by atoms with Crippen molar-refractivity contribution in [2.45, 2.75) is 62.4 Å². The molecule has 2 aliphatic heterocycles. The van der Waals surface area contributed by atoms with Gasteiger partial charge in [0, 0.05) is 18.5 Å². The molecule has 4 aliphatic carbocycles.